The van der Waals surface area contributed by atoms with E-state index in [-0.39, 0.29) is 26.1 Å². The van der Waals surface area contributed by atoms with Gasteiger partial charge in [-0.1, -0.05) is 0 Å². The number of carbonyl (C=O) groups is 1. The van der Waals surface area contributed by atoms with Crippen molar-refractivity contribution in [3.8, 4) is 0 Å². The average Bonchev–Trinajstić information content (AvgIpc) is 2.03. The van der Waals surface area contributed by atoms with E-state index >= 15 is 0 Å². The molecular formula is C7H9F3O2. The number of rotatable bonds is 1. The average molecular weight is 182 g/mol. The Labute approximate surface area is 67.7 Å². The Morgan fingerprint density at radius 3 is 2.17 bits per heavy atom. The molecule has 0 radical (unpaired) electrons. The zero-order valence-corrected chi connectivity index (χ0v) is 6.36. The van der Waals surface area contributed by atoms with E-state index in [1.807, 2.05) is 0 Å². The first-order chi connectivity index (χ1) is 5.52. The molecule has 0 aliphatic carbocycles. The van der Waals surface area contributed by atoms with Crippen LogP contribution in [0.4, 0.5) is 13.2 Å². The van der Waals surface area contributed by atoms with Crippen LogP contribution in [0, 0.1) is 5.92 Å². The molecule has 0 amide bonds. The van der Waals surface area contributed by atoms with Crippen LogP contribution in [0.5, 0.6) is 0 Å². The van der Waals surface area contributed by atoms with Crippen LogP contribution in [0.3, 0.4) is 0 Å². The molecule has 2 nitrogen and oxygen atoms in total. The zero-order valence-electron chi connectivity index (χ0n) is 6.36. The van der Waals surface area contributed by atoms with E-state index in [2.05, 4.69) is 0 Å². The highest BCUT2D eigenvalue weighted by atomic mass is 19.4. The fourth-order valence-corrected chi connectivity index (χ4v) is 1.19. The van der Waals surface area contributed by atoms with Crippen LogP contribution in [0.2, 0.25) is 0 Å². The third kappa shape index (κ3) is 2.20. The summed E-state index contributed by atoms with van der Waals surface area (Å²) in [4.78, 5) is 10.6. The van der Waals surface area contributed by atoms with Gasteiger partial charge in [0.15, 0.2) is 0 Å². The molecule has 0 aromatic carbocycles. The molecule has 1 aliphatic heterocycles. The van der Waals surface area contributed by atoms with Gasteiger partial charge in [-0.25, -0.2) is 0 Å². The minimum absolute atomic E-state index is 0.193. The monoisotopic (exact) mass is 182 g/mol. The van der Waals surface area contributed by atoms with Gasteiger partial charge in [-0.2, -0.15) is 13.2 Å². The molecule has 0 spiro atoms. The summed E-state index contributed by atoms with van der Waals surface area (Å²) in [6, 6.07) is 0. The summed E-state index contributed by atoms with van der Waals surface area (Å²) in [6.07, 6.45) is -4.29. The molecule has 0 N–H and O–H groups in total. The molecule has 1 fully saturated rings. The van der Waals surface area contributed by atoms with E-state index in [1.165, 1.54) is 0 Å². The number of hydrogen-bond acceptors (Lipinski definition) is 2. The second-order valence-corrected chi connectivity index (χ2v) is 2.75. The van der Waals surface area contributed by atoms with Crippen molar-refractivity contribution in [3.63, 3.8) is 0 Å². The molecule has 12 heavy (non-hydrogen) atoms. The number of carbonyl (C=O) groups excluding carboxylic acids is 1. The Kier molecular flexibility index (Phi) is 2.72. The van der Waals surface area contributed by atoms with Crippen molar-refractivity contribution in [2.24, 2.45) is 5.92 Å². The smallest absolute Gasteiger partial charge is 0.381 e. The highest BCUT2D eigenvalue weighted by molar-refractivity contribution is 5.86. The van der Waals surface area contributed by atoms with Gasteiger partial charge in [-0.15, -0.1) is 0 Å². The minimum atomic E-state index is -4.68. The molecular weight excluding hydrogens is 173 g/mol. The first-order valence-electron chi connectivity index (χ1n) is 3.70. The van der Waals surface area contributed by atoms with Gasteiger partial charge in [0.25, 0.3) is 0 Å². The van der Waals surface area contributed by atoms with Crippen LogP contribution in [0.15, 0.2) is 0 Å². The Morgan fingerprint density at radius 1 is 1.25 bits per heavy atom. The van der Waals surface area contributed by atoms with Crippen LogP contribution in [0.1, 0.15) is 12.8 Å². The van der Waals surface area contributed by atoms with Gasteiger partial charge in [0.05, 0.1) is 0 Å². The van der Waals surface area contributed by atoms with Gasteiger partial charge >= 0.3 is 6.18 Å². The summed E-state index contributed by atoms with van der Waals surface area (Å²) in [7, 11) is 0. The lowest BCUT2D eigenvalue weighted by molar-refractivity contribution is -0.178. The van der Waals surface area contributed by atoms with Crippen LogP contribution >= 0.6 is 0 Å². The summed E-state index contributed by atoms with van der Waals surface area (Å²) in [5.41, 5.74) is 0. The topological polar surface area (TPSA) is 26.3 Å². The number of halogens is 3. The predicted octanol–water partition coefficient (Wildman–Crippen LogP) is 1.54. The fourth-order valence-electron chi connectivity index (χ4n) is 1.19. The molecule has 1 heterocycles. The van der Waals surface area contributed by atoms with Crippen molar-refractivity contribution in [2.45, 2.75) is 19.0 Å². The van der Waals surface area contributed by atoms with E-state index in [4.69, 9.17) is 4.74 Å². The third-order valence-corrected chi connectivity index (χ3v) is 1.87. The van der Waals surface area contributed by atoms with Crippen molar-refractivity contribution in [3.05, 3.63) is 0 Å². The molecule has 0 unspecified atom stereocenters. The summed E-state index contributed by atoms with van der Waals surface area (Å²) in [5, 5.41) is 0. The molecule has 0 saturated carbocycles. The largest absolute Gasteiger partial charge is 0.450 e. The van der Waals surface area contributed by atoms with Gasteiger partial charge in [-0.3, -0.25) is 4.79 Å². The van der Waals surface area contributed by atoms with Gasteiger partial charge in [0.2, 0.25) is 5.78 Å². The Morgan fingerprint density at radius 2 is 1.75 bits per heavy atom. The second-order valence-electron chi connectivity index (χ2n) is 2.75. The van der Waals surface area contributed by atoms with Crippen molar-refractivity contribution in [1.82, 2.24) is 0 Å². The number of Topliss-reactive ketones (excluding diaryl/α,β-unsaturated/α-hetero) is 1. The lowest BCUT2D eigenvalue weighted by atomic mass is 9.95. The maximum Gasteiger partial charge on any atom is 0.450 e. The maximum atomic E-state index is 11.8. The molecule has 1 aliphatic rings. The molecule has 0 aromatic rings. The Balaban J connectivity index is 2.51. The highest BCUT2D eigenvalue weighted by Gasteiger charge is 2.43. The van der Waals surface area contributed by atoms with Crippen LogP contribution in [0.25, 0.3) is 0 Å². The van der Waals surface area contributed by atoms with Gasteiger partial charge in [0, 0.05) is 19.1 Å². The third-order valence-electron chi connectivity index (χ3n) is 1.87. The Bertz CT molecular complexity index is 170. The summed E-state index contributed by atoms with van der Waals surface area (Å²) in [5.74, 6) is -2.48. The molecule has 0 atom stereocenters. The predicted molar refractivity (Wildman–Crippen MR) is 34.6 cm³/mol. The first-order valence-corrected chi connectivity index (χ1v) is 3.70. The standard InChI is InChI=1S/C7H9F3O2/c8-7(9,10)6(11)5-1-3-12-4-2-5/h5H,1-4H2. The lowest BCUT2D eigenvalue weighted by Gasteiger charge is -2.21. The molecule has 0 aromatic heterocycles. The van der Waals surface area contributed by atoms with Crippen LogP contribution in [-0.4, -0.2) is 25.2 Å². The molecule has 1 saturated heterocycles. The SMILES string of the molecule is O=C(C1CCOCC1)C(F)(F)F. The quantitative estimate of drug-likeness (QED) is 0.614. The van der Waals surface area contributed by atoms with Crippen molar-refractivity contribution in [1.29, 1.82) is 0 Å². The van der Waals surface area contributed by atoms with E-state index in [0.29, 0.717) is 0 Å². The number of ketones is 1. The summed E-state index contributed by atoms with van der Waals surface area (Å²) < 4.78 is 40.4. The molecule has 70 valence electrons. The minimum Gasteiger partial charge on any atom is -0.381 e. The number of ether oxygens (including phenoxy) is 1. The van der Waals surface area contributed by atoms with Gasteiger partial charge < -0.3 is 4.74 Å². The highest BCUT2D eigenvalue weighted by Crippen LogP contribution is 2.26. The maximum absolute atomic E-state index is 11.8. The number of hydrogen-bond donors (Lipinski definition) is 0. The number of alkyl halides is 3. The molecule has 0 bridgehead atoms. The summed E-state index contributed by atoms with van der Waals surface area (Å²) in [6.45, 7) is 0.513. The van der Waals surface area contributed by atoms with Crippen molar-refractivity contribution < 1.29 is 22.7 Å². The van der Waals surface area contributed by atoms with E-state index in [9.17, 15) is 18.0 Å². The molecule has 5 heteroatoms. The van der Waals surface area contributed by atoms with Gasteiger partial charge in [0.1, 0.15) is 0 Å². The van der Waals surface area contributed by atoms with Crippen LogP contribution in [-0.2, 0) is 9.53 Å². The van der Waals surface area contributed by atoms with Crippen LogP contribution < -0.4 is 0 Å². The van der Waals surface area contributed by atoms with E-state index in [1.54, 1.807) is 0 Å². The van der Waals surface area contributed by atoms with Crippen molar-refractivity contribution >= 4 is 5.78 Å². The fraction of sp³-hybridized carbons (Fsp3) is 0.857. The second kappa shape index (κ2) is 3.43. The zero-order chi connectivity index (χ0) is 9.19. The summed E-state index contributed by atoms with van der Waals surface area (Å²) >= 11 is 0. The Hall–Kier alpha value is -0.580. The van der Waals surface area contributed by atoms with Gasteiger partial charge in [-0.05, 0) is 12.8 Å². The van der Waals surface area contributed by atoms with E-state index < -0.39 is 17.9 Å². The first kappa shape index (κ1) is 9.51. The lowest BCUT2D eigenvalue weighted by Crippen LogP contribution is -2.34. The van der Waals surface area contributed by atoms with E-state index in [0.717, 1.165) is 0 Å². The normalized spacial score (nSPS) is 20.9. The molecule has 1 rings (SSSR count). The van der Waals surface area contributed by atoms with Crippen molar-refractivity contribution in [2.75, 3.05) is 13.2 Å².